The lowest BCUT2D eigenvalue weighted by Gasteiger charge is -2.10. The summed E-state index contributed by atoms with van der Waals surface area (Å²) in [4.78, 5) is 23.9. The molecule has 0 aliphatic rings. The van der Waals surface area contributed by atoms with Crippen molar-refractivity contribution in [3.63, 3.8) is 0 Å². The molecule has 0 atom stereocenters. The van der Waals surface area contributed by atoms with Gasteiger partial charge in [-0.3, -0.25) is 4.79 Å². The molecule has 0 radical (unpaired) electrons. The Kier molecular flexibility index (Phi) is 6.05. The van der Waals surface area contributed by atoms with Gasteiger partial charge in [0.2, 0.25) is 0 Å². The second kappa shape index (κ2) is 8.85. The van der Waals surface area contributed by atoms with Gasteiger partial charge in [0.15, 0.2) is 6.61 Å². The van der Waals surface area contributed by atoms with Crippen LogP contribution in [0.15, 0.2) is 66.7 Å². The van der Waals surface area contributed by atoms with E-state index >= 15 is 0 Å². The highest BCUT2D eigenvalue weighted by atomic mass is 16.5. The third-order valence-electron chi connectivity index (χ3n) is 3.95. The number of nitrogens with one attached hydrogen (secondary N) is 1. The molecule has 0 bridgehead atoms. The predicted octanol–water partition coefficient (Wildman–Crippen LogP) is 4.42. The number of hydrogen-bond acceptors (Lipinski definition) is 4. The van der Waals surface area contributed by atoms with E-state index in [4.69, 9.17) is 9.47 Å². The van der Waals surface area contributed by atoms with Crippen LogP contribution in [0, 0.1) is 0 Å². The molecule has 0 saturated heterocycles. The third-order valence-corrected chi connectivity index (χ3v) is 3.95. The number of ether oxygens (including phenoxy) is 2. The van der Waals surface area contributed by atoms with Crippen molar-refractivity contribution in [1.29, 1.82) is 0 Å². The molecule has 3 aromatic carbocycles. The number of benzene rings is 3. The summed E-state index contributed by atoms with van der Waals surface area (Å²) in [5.74, 6) is 0.0236. The molecule has 0 fully saturated rings. The summed E-state index contributed by atoms with van der Waals surface area (Å²) in [5.41, 5.74) is 1.04. The maximum absolute atomic E-state index is 12.2. The van der Waals surface area contributed by atoms with Gasteiger partial charge in [0.05, 0.1) is 12.2 Å². The average molecular weight is 363 g/mol. The molecule has 5 nitrogen and oxygen atoms in total. The standard InChI is InChI=1S/C22H21NO4/c1-2-14-26-22(25)17-10-12-18(13-11-17)23-21(24)15-27-20-9-5-7-16-6-3-4-8-19(16)20/h3-13H,2,14-15H2,1H3,(H,23,24). The minimum Gasteiger partial charge on any atom is -0.483 e. The molecule has 0 spiro atoms. The zero-order valence-electron chi connectivity index (χ0n) is 15.1. The molecule has 0 aliphatic carbocycles. The van der Waals surface area contributed by atoms with Crippen LogP contribution in [0.2, 0.25) is 0 Å². The van der Waals surface area contributed by atoms with Crippen molar-refractivity contribution in [2.24, 2.45) is 0 Å². The van der Waals surface area contributed by atoms with E-state index in [0.717, 1.165) is 17.2 Å². The van der Waals surface area contributed by atoms with E-state index < -0.39 is 0 Å². The summed E-state index contributed by atoms with van der Waals surface area (Å²) in [7, 11) is 0. The molecule has 5 heteroatoms. The molecule has 3 aromatic rings. The highest BCUT2D eigenvalue weighted by Gasteiger charge is 2.09. The first kappa shape index (κ1) is 18.5. The Morgan fingerprint density at radius 2 is 1.67 bits per heavy atom. The first-order valence-electron chi connectivity index (χ1n) is 8.85. The SMILES string of the molecule is CCCOC(=O)c1ccc(NC(=O)COc2cccc3ccccc23)cc1. The Balaban J connectivity index is 1.57. The quantitative estimate of drug-likeness (QED) is 0.631. The predicted molar refractivity (Wildman–Crippen MR) is 105 cm³/mol. The van der Waals surface area contributed by atoms with Gasteiger partial charge in [0.25, 0.3) is 5.91 Å². The molecule has 0 unspecified atom stereocenters. The maximum Gasteiger partial charge on any atom is 0.338 e. The van der Waals surface area contributed by atoms with Crippen molar-refractivity contribution in [1.82, 2.24) is 0 Å². The van der Waals surface area contributed by atoms with E-state index in [1.807, 2.05) is 49.4 Å². The van der Waals surface area contributed by atoms with Crippen LogP contribution in [0.5, 0.6) is 5.75 Å². The van der Waals surface area contributed by atoms with E-state index in [1.54, 1.807) is 24.3 Å². The van der Waals surface area contributed by atoms with Gasteiger partial charge >= 0.3 is 5.97 Å². The summed E-state index contributed by atoms with van der Waals surface area (Å²) in [5, 5.41) is 4.77. The van der Waals surface area contributed by atoms with Crippen molar-refractivity contribution in [2.45, 2.75) is 13.3 Å². The van der Waals surface area contributed by atoms with Gasteiger partial charge in [-0.05, 0) is 42.1 Å². The van der Waals surface area contributed by atoms with Crippen LogP contribution < -0.4 is 10.1 Å². The Labute approximate surface area is 157 Å². The summed E-state index contributed by atoms with van der Waals surface area (Å²) in [6, 6.07) is 20.2. The van der Waals surface area contributed by atoms with Crippen LogP contribution >= 0.6 is 0 Å². The smallest absolute Gasteiger partial charge is 0.338 e. The Hall–Kier alpha value is -3.34. The van der Waals surface area contributed by atoms with Gasteiger partial charge in [-0.1, -0.05) is 43.3 Å². The first-order chi connectivity index (χ1) is 13.2. The molecule has 27 heavy (non-hydrogen) atoms. The Bertz CT molecular complexity index is 929. The highest BCUT2D eigenvalue weighted by Crippen LogP contribution is 2.25. The zero-order chi connectivity index (χ0) is 19.1. The topological polar surface area (TPSA) is 64.6 Å². The van der Waals surface area contributed by atoms with Crippen LogP contribution in [0.4, 0.5) is 5.69 Å². The van der Waals surface area contributed by atoms with Crippen LogP contribution in [0.3, 0.4) is 0 Å². The normalized spacial score (nSPS) is 10.4. The van der Waals surface area contributed by atoms with E-state index in [0.29, 0.717) is 23.6 Å². The van der Waals surface area contributed by atoms with Crippen LogP contribution in [-0.2, 0) is 9.53 Å². The van der Waals surface area contributed by atoms with Crippen molar-refractivity contribution >= 4 is 28.3 Å². The number of anilines is 1. The Morgan fingerprint density at radius 3 is 2.44 bits per heavy atom. The number of amides is 1. The fourth-order valence-corrected chi connectivity index (χ4v) is 2.63. The molecule has 0 aromatic heterocycles. The van der Waals surface area contributed by atoms with E-state index in [1.165, 1.54) is 0 Å². The number of carbonyl (C=O) groups is 2. The third kappa shape index (κ3) is 4.85. The second-order valence-corrected chi connectivity index (χ2v) is 6.03. The molecule has 138 valence electrons. The molecular weight excluding hydrogens is 342 g/mol. The number of rotatable bonds is 7. The minimum atomic E-state index is -0.367. The van der Waals surface area contributed by atoms with E-state index in [-0.39, 0.29) is 18.5 Å². The van der Waals surface area contributed by atoms with E-state index in [9.17, 15) is 9.59 Å². The lowest BCUT2D eigenvalue weighted by molar-refractivity contribution is -0.118. The molecule has 0 aliphatic heterocycles. The maximum atomic E-state index is 12.2. The number of hydrogen-bond donors (Lipinski definition) is 1. The van der Waals surface area contributed by atoms with E-state index in [2.05, 4.69) is 5.32 Å². The molecule has 1 amide bonds. The lowest BCUT2D eigenvalue weighted by Crippen LogP contribution is -2.20. The van der Waals surface area contributed by atoms with Crippen molar-refractivity contribution < 1.29 is 19.1 Å². The fourth-order valence-electron chi connectivity index (χ4n) is 2.63. The van der Waals surface area contributed by atoms with Crippen LogP contribution in [0.25, 0.3) is 10.8 Å². The monoisotopic (exact) mass is 363 g/mol. The van der Waals surface area contributed by atoms with Gasteiger partial charge in [-0.2, -0.15) is 0 Å². The molecule has 0 saturated carbocycles. The highest BCUT2D eigenvalue weighted by molar-refractivity contribution is 5.94. The summed E-state index contributed by atoms with van der Waals surface area (Å²) in [6.45, 7) is 2.23. The molecular formula is C22H21NO4. The largest absolute Gasteiger partial charge is 0.483 e. The molecule has 1 N–H and O–H groups in total. The first-order valence-corrected chi connectivity index (χ1v) is 8.85. The fraction of sp³-hybridized carbons (Fsp3) is 0.182. The minimum absolute atomic E-state index is 0.103. The average Bonchev–Trinajstić information content (AvgIpc) is 2.71. The summed E-state index contributed by atoms with van der Waals surface area (Å²) in [6.07, 6.45) is 0.774. The van der Waals surface area contributed by atoms with Gasteiger partial charge in [0, 0.05) is 11.1 Å². The number of fused-ring (bicyclic) bond motifs is 1. The van der Waals surface area contributed by atoms with Gasteiger partial charge in [-0.15, -0.1) is 0 Å². The summed E-state index contributed by atoms with van der Waals surface area (Å²) >= 11 is 0. The van der Waals surface area contributed by atoms with Crippen molar-refractivity contribution in [2.75, 3.05) is 18.5 Å². The van der Waals surface area contributed by atoms with Gasteiger partial charge in [-0.25, -0.2) is 4.79 Å². The number of carbonyl (C=O) groups excluding carboxylic acids is 2. The molecule has 0 heterocycles. The molecule has 3 rings (SSSR count). The van der Waals surface area contributed by atoms with Crippen LogP contribution in [-0.4, -0.2) is 25.1 Å². The van der Waals surface area contributed by atoms with Crippen molar-refractivity contribution in [3.05, 3.63) is 72.3 Å². The zero-order valence-corrected chi connectivity index (χ0v) is 15.1. The Morgan fingerprint density at radius 1 is 0.926 bits per heavy atom. The van der Waals surface area contributed by atoms with Gasteiger partial charge in [0.1, 0.15) is 5.75 Å². The number of esters is 1. The van der Waals surface area contributed by atoms with Gasteiger partial charge < -0.3 is 14.8 Å². The van der Waals surface area contributed by atoms with Crippen LogP contribution in [0.1, 0.15) is 23.7 Å². The summed E-state index contributed by atoms with van der Waals surface area (Å²) < 4.78 is 10.7. The lowest BCUT2D eigenvalue weighted by atomic mass is 10.1. The second-order valence-electron chi connectivity index (χ2n) is 6.03. The van der Waals surface area contributed by atoms with Crippen molar-refractivity contribution in [3.8, 4) is 5.75 Å².